The van der Waals surface area contributed by atoms with E-state index in [9.17, 15) is 4.79 Å². The van der Waals surface area contributed by atoms with Crippen molar-refractivity contribution in [3.63, 3.8) is 0 Å². The van der Waals surface area contributed by atoms with Gasteiger partial charge in [-0.15, -0.1) is 16.4 Å². The van der Waals surface area contributed by atoms with Crippen LogP contribution in [-0.2, 0) is 4.79 Å². The summed E-state index contributed by atoms with van der Waals surface area (Å²) in [6.07, 6.45) is 0. The molecular weight excluding hydrogens is 332 g/mol. The van der Waals surface area contributed by atoms with Crippen molar-refractivity contribution >= 4 is 34.7 Å². The lowest BCUT2D eigenvalue weighted by Gasteiger charge is -2.05. The summed E-state index contributed by atoms with van der Waals surface area (Å²) in [7, 11) is 1.60. The molecular formula is C15H14N4O2S2. The van der Waals surface area contributed by atoms with Crippen molar-refractivity contribution in [1.82, 2.24) is 15.2 Å². The number of hydrogen-bond acceptors (Lipinski definition) is 6. The number of methoxy groups -OCH3 is 1. The maximum absolute atomic E-state index is 11.9. The van der Waals surface area contributed by atoms with Gasteiger partial charge in [0.1, 0.15) is 5.75 Å². The van der Waals surface area contributed by atoms with Gasteiger partial charge in [-0.25, -0.2) is 4.98 Å². The molecule has 3 rings (SSSR count). The number of amides is 1. The van der Waals surface area contributed by atoms with Crippen LogP contribution in [0, 0.1) is 0 Å². The SMILES string of the molecule is COc1ccc(NC(=O)CSc2n[nH]c(-c3cccs3)n2)cc1. The second-order valence-electron chi connectivity index (χ2n) is 4.51. The molecule has 2 heterocycles. The van der Waals surface area contributed by atoms with E-state index in [0.29, 0.717) is 5.16 Å². The molecule has 2 aromatic heterocycles. The van der Waals surface area contributed by atoms with Crippen LogP contribution < -0.4 is 10.1 Å². The topological polar surface area (TPSA) is 79.9 Å². The van der Waals surface area contributed by atoms with Gasteiger partial charge in [-0.05, 0) is 35.7 Å². The lowest BCUT2D eigenvalue weighted by Crippen LogP contribution is -2.14. The number of H-pyrrole nitrogens is 1. The highest BCUT2D eigenvalue weighted by atomic mass is 32.2. The summed E-state index contributed by atoms with van der Waals surface area (Å²) in [5, 5.41) is 12.3. The molecule has 2 N–H and O–H groups in total. The molecule has 0 saturated carbocycles. The third-order valence-corrected chi connectivity index (χ3v) is 4.65. The number of thioether (sulfide) groups is 1. The first kappa shape index (κ1) is 15.6. The Bertz CT molecular complexity index is 769. The molecule has 0 aliphatic rings. The van der Waals surface area contributed by atoms with Crippen LogP contribution in [0.5, 0.6) is 5.75 Å². The van der Waals surface area contributed by atoms with E-state index in [4.69, 9.17) is 4.74 Å². The Balaban J connectivity index is 1.52. The molecule has 0 unspecified atom stereocenters. The summed E-state index contributed by atoms with van der Waals surface area (Å²) in [6.45, 7) is 0. The van der Waals surface area contributed by atoms with Gasteiger partial charge >= 0.3 is 0 Å². The third kappa shape index (κ3) is 4.11. The number of rotatable bonds is 6. The molecule has 8 heteroatoms. The number of carbonyl (C=O) groups is 1. The van der Waals surface area contributed by atoms with E-state index in [-0.39, 0.29) is 11.7 Å². The van der Waals surface area contributed by atoms with Crippen LogP contribution in [0.3, 0.4) is 0 Å². The molecule has 0 saturated heterocycles. The zero-order valence-electron chi connectivity index (χ0n) is 12.3. The molecule has 1 amide bonds. The van der Waals surface area contributed by atoms with E-state index in [1.807, 2.05) is 17.5 Å². The van der Waals surface area contributed by atoms with E-state index in [1.165, 1.54) is 11.8 Å². The van der Waals surface area contributed by atoms with Gasteiger partial charge < -0.3 is 10.1 Å². The van der Waals surface area contributed by atoms with Gasteiger partial charge in [0.25, 0.3) is 0 Å². The fourth-order valence-corrected chi connectivity index (χ4v) is 3.10. The van der Waals surface area contributed by atoms with Crippen molar-refractivity contribution in [2.45, 2.75) is 5.16 Å². The van der Waals surface area contributed by atoms with Gasteiger partial charge in [-0.1, -0.05) is 17.8 Å². The fraction of sp³-hybridized carbons (Fsp3) is 0.133. The number of carbonyl (C=O) groups excluding carboxylic acids is 1. The predicted molar refractivity (Wildman–Crippen MR) is 92.0 cm³/mol. The molecule has 0 spiro atoms. The average molecular weight is 346 g/mol. The quantitative estimate of drug-likeness (QED) is 0.670. The number of aromatic nitrogens is 3. The highest BCUT2D eigenvalue weighted by molar-refractivity contribution is 7.99. The lowest BCUT2D eigenvalue weighted by atomic mass is 10.3. The predicted octanol–water partition coefficient (Wildman–Crippen LogP) is 3.27. The minimum Gasteiger partial charge on any atom is -0.497 e. The summed E-state index contributed by atoms with van der Waals surface area (Å²) >= 11 is 2.87. The highest BCUT2D eigenvalue weighted by Gasteiger charge is 2.09. The highest BCUT2D eigenvalue weighted by Crippen LogP contribution is 2.23. The van der Waals surface area contributed by atoms with Gasteiger partial charge in [0, 0.05) is 5.69 Å². The Hall–Kier alpha value is -2.32. The zero-order chi connectivity index (χ0) is 16.1. The van der Waals surface area contributed by atoms with Crippen molar-refractivity contribution in [2.24, 2.45) is 0 Å². The van der Waals surface area contributed by atoms with E-state index < -0.39 is 0 Å². The Kier molecular flexibility index (Phi) is 4.94. The lowest BCUT2D eigenvalue weighted by molar-refractivity contribution is -0.113. The molecule has 3 aromatic rings. The number of nitrogens with zero attached hydrogens (tertiary/aromatic N) is 2. The number of ether oxygens (including phenoxy) is 1. The monoisotopic (exact) mass is 346 g/mol. The minimum absolute atomic E-state index is 0.109. The average Bonchev–Trinajstić information content (AvgIpc) is 3.25. The summed E-state index contributed by atoms with van der Waals surface area (Å²) < 4.78 is 5.08. The van der Waals surface area contributed by atoms with Crippen molar-refractivity contribution in [3.8, 4) is 16.5 Å². The molecule has 0 atom stereocenters. The smallest absolute Gasteiger partial charge is 0.234 e. The normalized spacial score (nSPS) is 10.5. The molecule has 1 aromatic carbocycles. The molecule has 0 bridgehead atoms. The molecule has 23 heavy (non-hydrogen) atoms. The Morgan fingerprint density at radius 1 is 1.35 bits per heavy atom. The number of hydrogen-bond donors (Lipinski definition) is 2. The largest absolute Gasteiger partial charge is 0.497 e. The van der Waals surface area contributed by atoms with Crippen LogP contribution in [0.4, 0.5) is 5.69 Å². The van der Waals surface area contributed by atoms with Crippen LogP contribution in [0.2, 0.25) is 0 Å². The second kappa shape index (κ2) is 7.30. The molecule has 118 valence electrons. The van der Waals surface area contributed by atoms with Crippen molar-refractivity contribution in [2.75, 3.05) is 18.2 Å². The van der Waals surface area contributed by atoms with Crippen LogP contribution in [0.25, 0.3) is 10.7 Å². The van der Waals surface area contributed by atoms with Crippen LogP contribution in [0.15, 0.2) is 46.9 Å². The molecule has 0 aliphatic carbocycles. The third-order valence-electron chi connectivity index (χ3n) is 2.93. The fourth-order valence-electron chi connectivity index (χ4n) is 1.84. The number of aromatic amines is 1. The van der Waals surface area contributed by atoms with E-state index >= 15 is 0 Å². The maximum Gasteiger partial charge on any atom is 0.234 e. The van der Waals surface area contributed by atoms with Gasteiger partial charge in [0.05, 0.1) is 17.7 Å². The van der Waals surface area contributed by atoms with E-state index in [1.54, 1.807) is 42.7 Å². The first-order chi connectivity index (χ1) is 11.2. The van der Waals surface area contributed by atoms with Gasteiger partial charge in [0.15, 0.2) is 5.82 Å². The van der Waals surface area contributed by atoms with Gasteiger partial charge in [-0.2, -0.15) is 0 Å². The van der Waals surface area contributed by atoms with Crippen LogP contribution in [-0.4, -0.2) is 34.0 Å². The van der Waals surface area contributed by atoms with E-state index in [0.717, 1.165) is 22.1 Å². The number of benzene rings is 1. The minimum atomic E-state index is -0.109. The standard InChI is InChI=1S/C15H14N4O2S2/c1-21-11-6-4-10(5-7-11)16-13(20)9-23-15-17-14(18-19-15)12-3-2-8-22-12/h2-8H,9H2,1H3,(H,16,20)(H,17,18,19). The summed E-state index contributed by atoms with van der Waals surface area (Å²) in [6, 6.07) is 11.1. The second-order valence-corrected chi connectivity index (χ2v) is 6.40. The Labute approximate surface area is 141 Å². The molecule has 0 radical (unpaired) electrons. The number of nitrogens with one attached hydrogen (secondary N) is 2. The van der Waals surface area contributed by atoms with E-state index in [2.05, 4.69) is 20.5 Å². The van der Waals surface area contributed by atoms with Gasteiger partial charge in [-0.3, -0.25) is 9.89 Å². The Morgan fingerprint density at radius 3 is 2.87 bits per heavy atom. The molecule has 0 aliphatic heterocycles. The summed E-state index contributed by atoms with van der Waals surface area (Å²) in [5.74, 6) is 1.60. The van der Waals surface area contributed by atoms with Crippen molar-refractivity contribution < 1.29 is 9.53 Å². The molecule has 0 fully saturated rings. The van der Waals surface area contributed by atoms with Crippen molar-refractivity contribution in [1.29, 1.82) is 0 Å². The first-order valence-corrected chi connectivity index (χ1v) is 8.64. The van der Waals surface area contributed by atoms with Crippen LogP contribution >= 0.6 is 23.1 Å². The Morgan fingerprint density at radius 2 is 2.17 bits per heavy atom. The maximum atomic E-state index is 11.9. The first-order valence-electron chi connectivity index (χ1n) is 6.77. The summed E-state index contributed by atoms with van der Waals surface area (Å²) in [5.41, 5.74) is 0.727. The summed E-state index contributed by atoms with van der Waals surface area (Å²) in [4.78, 5) is 17.3. The molecule has 6 nitrogen and oxygen atoms in total. The van der Waals surface area contributed by atoms with Crippen molar-refractivity contribution in [3.05, 3.63) is 41.8 Å². The number of anilines is 1. The van der Waals surface area contributed by atoms with Crippen LogP contribution in [0.1, 0.15) is 0 Å². The van der Waals surface area contributed by atoms with Gasteiger partial charge in [0.2, 0.25) is 11.1 Å². The number of thiophene rings is 1. The zero-order valence-corrected chi connectivity index (χ0v) is 13.9.